The first kappa shape index (κ1) is 12.2. The fourth-order valence-electron chi connectivity index (χ4n) is 1.71. The third-order valence-corrected chi connectivity index (χ3v) is 2.53. The van der Waals surface area contributed by atoms with Crippen LogP contribution in [0, 0.1) is 0 Å². The summed E-state index contributed by atoms with van der Waals surface area (Å²) in [5.74, 6) is 0.534. The average molecular weight is 209 g/mol. The van der Waals surface area contributed by atoms with Gasteiger partial charge in [0.05, 0.1) is 5.69 Å². The van der Waals surface area contributed by atoms with Crippen LogP contribution in [0.5, 0.6) is 0 Å². The Hall–Kier alpha value is -0.830. The highest BCUT2D eigenvalue weighted by Crippen LogP contribution is 2.20. The zero-order valence-corrected chi connectivity index (χ0v) is 10.3. The zero-order chi connectivity index (χ0) is 11.4. The second-order valence-corrected chi connectivity index (χ2v) is 4.65. The van der Waals surface area contributed by atoms with Gasteiger partial charge in [-0.25, -0.2) is 0 Å². The first-order valence-corrected chi connectivity index (χ1v) is 5.84. The summed E-state index contributed by atoms with van der Waals surface area (Å²) in [6.07, 6.45) is 2.02. The van der Waals surface area contributed by atoms with Crippen molar-refractivity contribution in [1.29, 1.82) is 0 Å². The molecule has 0 fully saturated rings. The Bertz CT molecular complexity index is 274. The molecule has 3 nitrogen and oxygen atoms in total. The van der Waals surface area contributed by atoms with E-state index < -0.39 is 0 Å². The van der Waals surface area contributed by atoms with Crippen molar-refractivity contribution in [3.63, 3.8) is 0 Å². The predicted molar refractivity (Wildman–Crippen MR) is 64.1 cm³/mol. The molecule has 0 spiro atoms. The van der Waals surface area contributed by atoms with Crippen LogP contribution in [0.4, 0.5) is 0 Å². The van der Waals surface area contributed by atoms with E-state index in [1.54, 1.807) is 0 Å². The van der Waals surface area contributed by atoms with Crippen molar-refractivity contribution >= 4 is 0 Å². The van der Waals surface area contributed by atoms with E-state index in [0.29, 0.717) is 12.0 Å². The van der Waals surface area contributed by atoms with Crippen molar-refractivity contribution in [1.82, 2.24) is 9.78 Å². The number of rotatable bonds is 5. The molecule has 15 heavy (non-hydrogen) atoms. The first-order chi connectivity index (χ1) is 7.06. The normalized spacial score (nSPS) is 11.7. The lowest BCUT2D eigenvalue weighted by Crippen LogP contribution is -2.09. The summed E-state index contributed by atoms with van der Waals surface area (Å²) in [6.45, 7) is 9.51. The summed E-state index contributed by atoms with van der Waals surface area (Å²) >= 11 is 0. The molecule has 0 aliphatic heterocycles. The molecule has 0 unspecified atom stereocenters. The molecule has 3 heteroatoms. The van der Waals surface area contributed by atoms with E-state index in [1.165, 1.54) is 11.4 Å². The lowest BCUT2D eigenvalue weighted by Gasteiger charge is -2.12. The molecule has 1 rings (SSSR count). The highest BCUT2D eigenvalue weighted by atomic mass is 15.3. The van der Waals surface area contributed by atoms with Crippen LogP contribution >= 0.6 is 0 Å². The largest absolute Gasteiger partial charge is 0.330 e. The Morgan fingerprint density at radius 1 is 1.33 bits per heavy atom. The van der Waals surface area contributed by atoms with Gasteiger partial charge in [0.1, 0.15) is 0 Å². The standard InChI is InChI=1S/C12H23N3/c1-9(2)12-8-11(6-5-7-13)14-15(12)10(3)4/h8-10H,5-7,13H2,1-4H3. The van der Waals surface area contributed by atoms with Crippen molar-refractivity contribution in [3.8, 4) is 0 Å². The maximum Gasteiger partial charge on any atom is 0.0628 e. The Balaban J connectivity index is 2.88. The van der Waals surface area contributed by atoms with Crippen LogP contribution in [0.3, 0.4) is 0 Å². The van der Waals surface area contributed by atoms with Crippen LogP contribution in [0.2, 0.25) is 0 Å². The molecule has 0 atom stereocenters. The minimum atomic E-state index is 0.439. The van der Waals surface area contributed by atoms with Gasteiger partial charge in [-0.1, -0.05) is 13.8 Å². The number of aryl methyl sites for hydroxylation is 1. The van der Waals surface area contributed by atoms with E-state index in [0.717, 1.165) is 19.4 Å². The summed E-state index contributed by atoms with van der Waals surface area (Å²) in [7, 11) is 0. The monoisotopic (exact) mass is 209 g/mol. The lowest BCUT2D eigenvalue weighted by atomic mass is 10.1. The summed E-state index contributed by atoms with van der Waals surface area (Å²) in [5.41, 5.74) is 8.02. The highest BCUT2D eigenvalue weighted by Gasteiger charge is 2.12. The summed E-state index contributed by atoms with van der Waals surface area (Å²) in [6, 6.07) is 2.66. The van der Waals surface area contributed by atoms with E-state index in [1.807, 2.05) is 0 Å². The summed E-state index contributed by atoms with van der Waals surface area (Å²) in [5, 5.41) is 4.63. The second-order valence-electron chi connectivity index (χ2n) is 4.65. The molecule has 2 N–H and O–H groups in total. The number of nitrogens with two attached hydrogens (primary N) is 1. The molecule has 86 valence electrons. The van der Waals surface area contributed by atoms with Crippen LogP contribution in [-0.4, -0.2) is 16.3 Å². The molecule has 1 aromatic heterocycles. The molecule has 0 aliphatic rings. The molecule has 0 saturated heterocycles. The molecule has 0 aromatic carbocycles. The van der Waals surface area contributed by atoms with Gasteiger partial charge in [-0.05, 0) is 45.2 Å². The van der Waals surface area contributed by atoms with Gasteiger partial charge in [0.2, 0.25) is 0 Å². The van der Waals surface area contributed by atoms with E-state index in [2.05, 4.69) is 43.5 Å². The SMILES string of the molecule is CC(C)c1cc(CCCN)nn1C(C)C. The number of nitrogens with zero attached hydrogens (tertiary/aromatic N) is 2. The minimum Gasteiger partial charge on any atom is -0.330 e. The molecule has 0 radical (unpaired) electrons. The third-order valence-electron chi connectivity index (χ3n) is 2.53. The van der Waals surface area contributed by atoms with Gasteiger partial charge in [-0.2, -0.15) is 5.10 Å². The quantitative estimate of drug-likeness (QED) is 0.809. The summed E-state index contributed by atoms with van der Waals surface area (Å²) < 4.78 is 2.14. The van der Waals surface area contributed by atoms with Crippen molar-refractivity contribution < 1.29 is 0 Å². The maximum atomic E-state index is 5.51. The summed E-state index contributed by atoms with van der Waals surface area (Å²) in [4.78, 5) is 0. The van der Waals surface area contributed by atoms with Gasteiger partial charge < -0.3 is 5.73 Å². The van der Waals surface area contributed by atoms with Crippen LogP contribution in [0.25, 0.3) is 0 Å². The van der Waals surface area contributed by atoms with Gasteiger partial charge in [0, 0.05) is 11.7 Å². The number of hydrogen-bond donors (Lipinski definition) is 1. The highest BCUT2D eigenvalue weighted by molar-refractivity contribution is 5.14. The lowest BCUT2D eigenvalue weighted by molar-refractivity contribution is 0.493. The second kappa shape index (κ2) is 5.31. The molecule has 0 saturated carbocycles. The zero-order valence-electron chi connectivity index (χ0n) is 10.3. The minimum absolute atomic E-state index is 0.439. The molecule has 0 amide bonds. The van der Waals surface area contributed by atoms with Crippen molar-refractivity contribution in [3.05, 3.63) is 17.5 Å². The molecule has 1 heterocycles. The van der Waals surface area contributed by atoms with E-state index in [4.69, 9.17) is 5.73 Å². The van der Waals surface area contributed by atoms with E-state index in [9.17, 15) is 0 Å². The number of aromatic nitrogens is 2. The third kappa shape index (κ3) is 3.06. The smallest absolute Gasteiger partial charge is 0.0628 e. The topological polar surface area (TPSA) is 43.8 Å². The van der Waals surface area contributed by atoms with Crippen LogP contribution in [0.15, 0.2) is 6.07 Å². The molecular formula is C12H23N3. The predicted octanol–water partition coefficient (Wildman–Crippen LogP) is 2.48. The van der Waals surface area contributed by atoms with Crippen LogP contribution < -0.4 is 5.73 Å². The van der Waals surface area contributed by atoms with Crippen molar-refractivity contribution in [2.45, 2.75) is 52.5 Å². The van der Waals surface area contributed by atoms with E-state index in [-0.39, 0.29) is 0 Å². The Labute approximate surface area is 92.7 Å². The molecular weight excluding hydrogens is 186 g/mol. The van der Waals surface area contributed by atoms with Gasteiger partial charge >= 0.3 is 0 Å². The first-order valence-electron chi connectivity index (χ1n) is 5.84. The molecule has 0 bridgehead atoms. The van der Waals surface area contributed by atoms with Gasteiger partial charge in [-0.3, -0.25) is 4.68 Å². The van der Waals surface area contributed by atoms with Crippen molar-refractivity contribution in [2.75, 3.05) is 6.54 Å². The maximum absolute atomic E-state index is 5.51. The van der Waals surface area contributed by atoms with Crippen LogP contribution in [-0.2, 0) is 6.42 Å². The fourth-order valence-corrected chi connectivity index (χ4v) is 1.71. The molecule has 1 aromatic rings. The van der Waals surface area contributed by atoms with Gasteiger partial charge in [-0.15, -0.1) is 0 Å². The van der Waals surface area contributed by atoms with Crippen LogP contribution in [0.1, 0.15) is 57.5 Å². The van der Waals surface area contributed by atoms with Gasteiger partial charge in [0.15, 0.2) is 0 Å². The van der Waals surface area contributed by atoms with Crippen molar-refractivity contribution in [2.24, 2.45) is 5.73 Å². The Kier molecular flexibility index (Phi) is 4.33. The molecule has 0 aliphatic carbocycles. The fraction of sp³-hybridized carbons (Fsp3) is 0.750. The Morgan fingerprint density at radius 2 is 2.00 bits per heavy atom. The van der Waals surface area contributed by atoms with E-state index >= 15 is 0 Å². The van der Waals surface area contributed by atoms with Gasteiger partial charge in [0.25, 0.3) is 0 Å². The number of hydrogen-bond acceptors (Lipinski definition) is 2. The Morgan fingerprint density at radius 3 is 2.40 bits per heavy atom. The average Bonchev–Trinajstić information content (AvgIpc) is 2.58.